The lowest BCUT2D eigenvalue weighted by Crippen LogP contribution is -2.41. The summed E-state index contributed by atoms with van der Waals surface area (Å²) in [5.74, 6) is -1.27. The highest BCUT2D eigenvalue weighted by Crippen LogP contribution is 2.49. The Labute approximate surface area is 262 Å². The Morgan fingerprint density at radius 1 is 1.02 bits per heavy atom. The molecule has 0 spiro atoms. The maximum absolute atomic E-state index is 15.7. The molecule has 3 aliphatic rings. The Bertz CT molecular complexity index is 2040. The Morgan fingerprint density at radius 2 is 1.85 bits per heavy atom. The van der Waals surface area contributed by atoms with Crippen LogP contribution in [0.5, 0.6) is 5.88 Å². The maximum atomic E-state index is 15.7. The summed E-state index contributed by atoms with van der Waals surface area (Å²) in [5, 5.41) is 8.93. The van der Waals surface area contributed by atoms with Crippen molar-refractivity contribution >= 4 is 17.0 Å². The van der Waals surface area contributed by atoms with E-state index in [2.05, 4.69) is 4.98 Å². The number of esters is 1. The third kappa shape index (κ3) is 5.45. The molecule has 4 heterocycles. The molecule has 2 aromatic heterocycles. The van der Waals surface area contributed by atoms with Crippen molar-refractivity contribution in [3.8, 4) is 23.2 Å². The number of hydrogen-bond acceptors (Lipinski definition) is 7. The molecule has 0 amide bonds. The van der Waals surface area contributed by atoms with Gasteiger partial charge in [0, 0.05) is 23.6 Å². The van der Waals surface area contributed by atoms with Crippen LogP contribution >= 0.6 is 0 Å². The molecule has 0 N–H and O–H groups in total. The van der Waals surface area contributed by atoms with Crippen LogP contribution in [0.15, 0.2) is 66.7 Å². The zero-order valence-corrected chi connectivity index (χ0v) is 24.7. The average molecular weight is 625 g/mol. The van der Waals surface area contributed by atoms with Gasteiger partial charge < -0.3 is 18.8 Å². The molecule has 0 unspecified atom stereocenters. The number of imidazole rings is 1. The van der Waals surface area contributed by atoms with Gasteiger partial charge in [-0.3, -0.25) is 0 Å². The summed E-state index contributed by atoms with van der Waals surface area (Å²) in [7, 11) is 1.31. The summed E-state index contributed by atoms with van der Waals surface area (Å²) in [6.45, 7) is 1.01. The number of halogens is 3. The predicted molar refractivity (Wildman–Crippen MR) is 160 cm³/mol. The first-order chi connectivity index (χ1) is 22.2. The third-order valence-electron chi connectivity index (χ3n) is 8.68. The Hall–Kier alpha value is -5.21. The quantitative estimate of drug-likeness (QED) is 0.172. The van der Waals surface area contributed by atoms with Gasteiger partial charge in [-0.05, 0) is 72.9 Å². The van der Waals surface area contributed by atoms with Crippen LogP contribution in [-0.2, 0) is 29.0 Å². The molecule has 1 saturated carbocycles. The highest BCUT2D eigenvalue weighted by molar-refractivity contribution is 5.93. The molecule has 3 aromatic carbocycles. The topological polar surface area (TPSA) is 99.3 Å². The van der Waals surface area contributed by atoms with E-state index in [-0.39, 0.29) is 52.5 Å². The van der Waals surface area contributed by atoms with Crippen LogP contribution in [0.2, 0.25) is 0 Å². The molecule has 3 fully saturated rings. The van der Waals surface area contributed by atoms with E-state index in [4.69, 9.17) is 24.5 Å². The molecule has 1 aliphatic carbocycles. The van der Waals surface area contributed by atoms with Crippen molar-refractivity contribution in [3.05, 3.63) is 112 Å². The maximum Gasteiger partial charge on any atom is 0.337 e. The first kappa shape index (κ1) is 29.5. The third-order valence-corrected chi connectivity index (χ3v) is 8.68. The van der Waals surface area contributed by atoms with E-state index in [9.17, 15) is 9.18 Å². The van der Waals surface area contributed by atoms with E-state index < -0.39 is 23.4 Å². The van der Waals surface area contributed by atoms with Crippen LogP contribution in [0.4, 0.5) is 13.2 Å². The lowest BCUT2D eigenvalue weighted by Gasteiger charge is -2.36. The van der Waals surface area contributed by atoms with Gasteiger partial charge in [0.05, 0.1) is 59.8 Å². The number of carbonyl (C=O) groups is 1. The number of nitrogens with zero attached hydrogens (tertiary/aromatic N) is 4. The summed E-state index contributed by atoms with van der Waals surface area (Å²) >= 11 is 0. The second kappa shape index (κ2) is 11.6. The first-order valence-electron chi connectivity index (χ1n) is 14.7. The summed E-state index contributed by atoms with van der Waals surface area (Å²) in [4.78, 5) is 21.3. The number of nitriles is 1. The second-order valence-corrected chi connectivity index (χ2v) is 11.7. The monoisotopic (exact) mass is 624 g/mol. The molecule has 8 nitrogen and oxygen atoms in total. The molecule has 2 aliphatic heterocycles. The largest absolute Gasteiger partial charge is 0.473 e. The first-order valence-corrected chi connectivity index (χ1v) is 14.7. The standard InChI is InChI=1S/C35H27F3N4O4/c1-44-34(43)22-7-8-30-31(11-22)42(19-35-14-21(15-35)17-46-35)32(40-30)12-24-10-28(38)25(13-27(24)37)29-3-2-4-33(41-29)45-18-23-6-5-20(16-39)9-26(23)36/h2-11,13,21H,12,14-15,17-19H2,1H3. The summed E-state index contributed by atoms with van der Waals surface area (Å²) in [6.07, 6.45) is 1.83. The number of methoxy groups -OCH3 is 1. The van der Waals surface area contributed by atoms with Crippen molar-refractivity contribution in [2.24, 2.45) is 5.92 Å². The Morgan fingerprint density at radius 3 is 2.59 bits per heavy atom. The van der Waals surface area contributed by atoms with Crippen LogP contribution in [0.3, 0.4) is 0 Å². The van der Waals surface area contributed by atoms with Crippen molar-refractivity contribution in [2.45, 2.75) is 38.0 Å². The minimum absolute atomic E-state index is 0.00247. The molecule has 2 bridgehead atoms. The zero-order valence-electron chi connectivity index (χ0n) is 24.7. The smallest absolute Gasteiger partial charge is 0.337 e. The fourth-order valence-electron chi connectivity index (χ4n) is 6.34. The van der Waals surface area contributed by atoms with Crippen LogP contribution in [0, 0.1) is 34.7 Å². The van der Waals surface area contributed by atoms with Gasteiger partial charge in [0.2, 0.25) is 5.88 Å². The number of hydrogen-bond donors (Lipinski definition) is 0. The van der Waals surface area contributed by atoms with Gasteiger partial charge in [-0.2, -0.15) is 5.26 Å². The van der Waals surface area contributed by atoms with Gasteiger partial charge in [0.15, 0.2) is 0 Å². The number of ether oxygens (including phenoxy) is 3. The molecule has 8 rings (SSSR count). The molecule has 5 aromatic rings. The highest BCUT2D eigenvalue weighted by Gasteiger charge is 2.52. The van der Waals surface area contributed by atoms with Gasteiger partial charge in [0.1, 0.15) is 29.9 Å². The average Bonchev–Trinajstić information content (AvgIpc) is 3.75. The van der Waals surface area contributed by atoms with Crippen molar-refractivity contribution in [1.82, 2.24) is 14.5 Å². The molecule has 0 radical (unpaired) electrons. The molecule has 46 heavy (non-hydrogen) atoms. The number of rotatable bonds is 9. The van der Waals surface area contributed by atoms with E-state index in [1.54, 1.807) is 24.3 Å². The molecular formula is C35H27F3N4O4. The minimum Gasteiger partial charge on any atom is -0.473 e. The number of aromatic nitrogens is 3. The lowest BCUT2D eigenvalue weighted by molar-refractivity contribution is -0.0132. The van der Waals surface area contributed by atoms with E-state index in [0.29, 0.717) is 41.5 Å². The molecule has 232 valence electrons. The van der Waals surface area contributed by atoms with Gasteiger partial charge in [-0.25, -0.2) is 27.9 Å². The zero-order chi connectivity index (χ0) is 32.0. The van der Waals surface area contributed by atoms with Crippen molar-refractivity contribution in [3.63, 3.8) is 0 Å². The number of benzene rings is 3. The van der Waals surface area contributed by atoms with E-state index in [1.807, 2.05) is 10.6 Å². The van der Waals surface area contributed by atoms with Gasteiger partial charge in [0.25, 0.3) is 0 Å². The van der Waals surface area contributed by atoms with Crippen molar-refractivity contribution < 1.29 is 32.2 Å². The number of carbonyl (C=O) groups excluding carboxylic acids is 1. The second-order valence-electron chi connectivity index (χ2n) is 11.7. The van der Waals surface area contributed by atoms with E-state index in [0.717, 1.165) is 31.0 Å². The molecule has 11 heteroatoms. The highest BCUT2D eigenvalue weighted by atomic mass is 19.1. The van der Waals surface area contributed by atoms with Gasteiger partial charge >= 0.3 is 5.97 Å². The normalized spacial score (nSPS) is 18.3. The summed E-state index contributed by atoms with van der Waals surface area (Å²) < 4.78 is 64.1. The molecule has 2 saturated heterocycles. The van der Waals surface area contributed by atoms with E-state index >= 15 is 8.78 Å². The lowest BCUT2D eigenvalue weighted by atomic mass is 9.74. The molecule has 0 atom stereocenters. The van der Waals surface area contributed by atoms with Crippen LogP contribution in [0.1, 0.15) is 45.7 Å². The van der Waals surface area contributed by atoms with Crippen LogP contribution < -0.4 is 4.74 Å². The number of fused-ring (bicyclic) bond motifs is 2. The van der Waals surface area contributed by atoms with Gasteiger partial charge in [-0.15, -0.1) is 0 Å². The minimum atomic E-state index is -0.686. The fraction of sp³-hybridized carbons (Fsp3) is 0.257. The van der Waals surface area contributed by atoms with Crippen LogP contribution in [0.25, 0.3) is 22.3 Å². The predicted octanol–water partition coefficient (Wildman–Crippen LogP) is 6.52. The Balaban J connectivity index is 1.16. The summed E-state index contributed by atoms with van der Waals surface area (Å²) in [6, 6.07) is 17.8. The number of pyridine rings is 1. The van der Waals surface area contributed by atoms with E-state index in [1.165, 1.54) is 31.4 Å². The SMILES string of the molecule is COC(=O)c1ccc2nc(Cc3cc(F)c(-c4cccc(OCc5ccc(C#N)cc5F)n4)cc3F)n(CC34CC(CO3)C4)c2c1. The van der Waals surface area contributed by atoms with Crippen molar-refractivity contribution in [1.29, 1.82) is 5.26 Å². The summed E-state index contributed by atoms with van der Waals surface area (Å²) in [5.41, 5.74) is 1.91. The molecular weight excluding hydrogens is 597 g/mol. The fourth-order valence-corrected chi connectivity index (χ4v) is 6.34. The Kier molecular flexibility index (Phi) is 7.45. The van der Waals surface area contributed by atoms with Crippen molar-refractivity contribution in [2.75, 3.05) is 13.7 Å². The van der Waals surface area contributed by atoms with Crippen LogP contribution in [-0.4, -0.2) is 39.8 Å². The van der Waals surface area contributed by atoms with Gasteiger partial charge in [-0.1, -0.05) is 12.1 Å².